The maximum atomic E-state index is 11.6. The zero-order valence-electron chi connectivity index (χ0n) is 12.7. The van der Waals surface area contributed by atoms with Gasteiger partial charge in [0.1, 0.15) is 0 Å². The highest BCUT2D eigenvalue weighted by molar-refractivity contribution is 5.81. The van der Waals surface area contributed by atoms with E-state index in [4.69, 9.17) is 0 Å². The van der Waals surface area contributed by atoms with Crippen molar-refractivity contribution in [2.75, 3.05) is 25.0 Å². The summed E-state index contributed by atoms with van der Waals surface area (Å²) in [6.45, 7) is 6.36. The van der Waals surface area contributed by atoms with Gasteiger partial charge in [0.15, 0.2) is 0 Å². The molecule has 0 aromatic heterocycles. The minimum atomic E-state index is 0.0470. The predicted octanol–water partition coefficient (Wildman–Crippen LogP) is 1.82. The fourth-order valence-electron chi connectivity index (χ4n) is 2.35. The van der Waals surface area contributed by atoms with Crippen molar-refractivity contribution in [3.8, 4) is 0 Å². The van der Waals surface area contributed by atoms with Crippen LogP contribution in [0, 0.1) is 6.92 Å². The standard InChI is InChI=1S/C16H25N3O/c1-4-19(11-16(20)17-3)15-8-5-13(9-12(15)2)10-18-14-6-7-14/h5,8-9,14,18H,4,6-7,10-11H2,1-3H3,(H,17,20). The number of nitrogens with one attached hydrogen (secondary N) is 2. The third kappa shape index (κ3) is 3.97. The van der Waals surface area contributed by atoms with E-state index in [-0.39, 0.29) is 5.91 Å². The van der Waals surface area contributed by atoms with Gasteiger partial charge >= 0.3 is 0 Å². The molecule has 0 saturated heterocycles. The first kappa shape index (κ1) is 14.9. The lowest BCUT2D eigenvalue weighted by atomic mass is 10.1. The number of nitrogens with zero attached hydrogens (tertiary/aromatic N) is 1. The summed E-state index contributed by atoms with van der Waals surface area (Å²) < 4.78 is 0. The molecule has 1 saturated carbocycles. The number of anilines is 1. The highest BCUT2D eigenvalue weighted by atomic mass is 16.1. The molecule has 110 valence electrons. The van der Waals surface area contributed by atoms with Crippen LogP contribution in [0.3, 0.4) is 0 Å². The lowest BCUT2D eigenvalue weighted by molar-refractivity contribution is -0.119. The van der Waals surface area contributed by atoms with Crippen molar-refractivity contribution in [3.63, 3.8) is 0 Å². The molecular weight excluding hydrogens is 250 g/mol. The van der Waals surface area contributed by atoms with Crippen LogP contribution < -0.4 is 15.5 Å². The second-order valence-electron chi connectivity index (χ2n) is 5.46. The summed E-state index contributed by atoms with van der Waals surface area (Å²) in [5.41, 5.74) is 3.69. The van der Waals surface area contributed by atoms with E-state index in [2.05, 4.69) is 47.6 Å². The summed E-state index contributed by atoms with van der Waals surface area (Å²) in [7, 11) is 1.68. The molecule has 4 nitrogen and oxygen atoms in total. The number of hydrogen-bond donors (Lipinski definition) is 2. The molecule has 0 atom stereocenters. The van der Waals surface area contributed by atoms with Crippen LogP contribution in [-0.4, -0.2) is 32.1 Å². The highest BCUT2D eigenvalue weighted by Gasteiger charge is 2.20. The quantitative estimate of drug-likeness (QED) is 0.798. The Kier molecular flexibility index (Phi) is 5.01. The molecule has 2 rings (SSSR count). The van der Waals surface area contributed by atoms with Crippen molar-refractivity contribution in [2.45, 2.75) is 39.3 Å². The number of benzene rings is 1. The Morgan fingerprint density at radius 3 is 2.70 bits per heavy atom. The molecule has 2 N–H and O–H groups in total. The van der Waals surface area contributed by atoms with E-state index >= 15 is 0 Å². The van der Waals surface area contributed by atoms with Gasteiger partial charge in [-0.1, -0.05) is 12.1 Å². The Labute approximate surface area is 121 Å². The van der Waals surface area contributed by atoms with E-state index in [1.807, 2.05) is 0 Å². The summed E-state index contributed by atoms with van der Waals surface area (Å²) in [4.78, 5) is 13.7. The predicted molar refractivity (Wildman–Crippen MR) is 83.0 cm³/mol. The Morgan fingerprint density at radius 1 is 1.40 bits per heavy atom. The molecule has 0 spiro atoms. The zero-order valence-corrected chi connectivity index (χ0v) is 12.7. The Bertz CT molecular complexity index is 469. The fraction of sp³-hybridized carbons (Fsp3) is 0.562. The maximum Gasteiger partial charge on any atom is 0.239 e. The number of carbonyl (C=O) groups is 1. The van der Waals surface area contributed by atoms with Crippen molar-refractivity contribution in [1.82, 2.24) is 10.6 Å². The molecule has 1 aromatic carbocycles. The van der Waals surface area contributed by atoms with E-state index in [1.165, 1.54) is 24.0 Å². The van der Waals surface area contributed by atoms with Gasteiger partial charge in [0, 0.05) is 31.9 Å². The van der Waals surface area contributed by atoms with Crippen molar-refractivity contribution in [2.24, 2.45) is 0 Å². The first-order valence-corrected chi connectivity index (χ1v) is 7.42. The smallest absolute Gasteiger partial charge is 0.239 e. The minimum absolute atomic E-state index is 0.0470. The number of carbonyl (C=O) groups excluding carboxylic acids is 1. The summed E-state index contributed by atoms with van der Waals surface area (Å²) in [5.74, 6) is 0.0470. The molecule has 0 unspecified atom stereocenters. The van der Waals surface area contributed by atoms with Crippen LogP contribution in [0.15, 0.2) is 18.2 Å². The van der Waals surface area contributed by atoms with Crippen molar-refractivity contribution in [3.05, 3.63) is 29.3 Å². The van der Waals surface area contributed by atoms with Crippen LogP contribution in [0.4, 0.5) is 5.69 Å². The molecule has 1 amide bonds. The van der Waals surface area contributed by atoms with Gasteiger partial charge in [-0.05, 0) is 43.9 Å². The number of aryl methyl sites for hydroxylation is 1. The highest BCUT2D eigenvalue weighted by Crippen LogP contribution is 2.23. The van der Waals surface area contributed by atoms with Gasteiger partial charge in [-0.2, -0.15) is 0 Å². The van der Waals surface area contributed by atoms with Crippen LogP contribution in [0.2, 0.25) is 0 Å². The van der Waals surface area contributed by atoms with Gasteiger partial charge < -0.3 is 15.5 Å². The second-order valence-corrected chi connectivity index (χ2v) is 5.46. The van der Waals surface area contributed by atoms with E-state index in [1.54, 1.807) is 7.05 Å². The minimum Gasteiger partial charge on any atom is -0.362 e. The summed E-state index contributed by atoms with van der Waals surface area (Å²) in [6.07, 6.45) is 2.62. The molecule has 0 heterocycles. The molecule has 1 aromatic rings. The number of hydrogen-bond acceptors (Lipinski definition) is 3. The second kappa shape index (κ2) is 6.75. The third-order valence-electron chi connectivity index (χ3n) is 3.77. The Morgan fingerprint density at radius 2 is 2.15 bits per heavy atom. The van der Waals surface area contributed by atoms with E-state index < -0.39 is 0 Å². The topological polar surface area (TPSA) is 44.4 Å². The van der Waals surface area contributed by atoms with Gasteiger partial charge in [-0.15, -0.1) is 0 Å². The molecule has 0 bridgehead atoms. The van der Waals surface area contributed by atoms with Crippen molar-refractivity contribution in [1.29, 1.82) is 0 Å². The van der Waals surface area contributed by atoms with Crippen molar-refractivity contribution < 1.29 is 4.79 Å². The summed E-state index contributed by atoms with van der Waals surface area (Å²) in [5, 5.41) is 6.21. The molecule has 0 aliphatic heterocycles. The first-order chi connectivity index (χ1) is 9.63. The Hall–Kier alpha value is -1.55. The van der Waals surface area contributed by atoms with Crippen LogP contribution in [0.1, 0.15) is 30.9 Å². The molecular formula is C16H25N3O. The summed E-state index contributed by atoms with van der Waals surface area (Å²) >= 11 is 0. The number of likely N-dealkylation sites (N-methyl/N-ethyl adjacent to an activating group) is 2. The lowest BCUT2D eigenvalue weighted by Gasteiger charge is -2.24. The molecule has 0 radical (unpaired) electrons. The Balaban J connectivity index is 2.03. The average molecular weight is 275 g/mol. The zero-order chi connectivity index (χ0) is 14.5. The monoisotopic (exact) mass is 275 g/mol. The van der Waals surface area contributed by atoms with Gasteiger partial charge in [0.05, 0.1) is 6.54 Å². The SMILES string of the molecule is CCN(CC(=O)NC)c1ccc(CNC2CC2)cc1C. The maximum absolute atomic E-state index is 11.6. The van der Waals surface area contributed by atoms with Crippen LogP contribution in [0.25, 0.3) is 0 Å². The van der Waals surface area contributed by atoms with Gasteiger partial charge in [0.25, 0.3) is 0 Å². The van der Waals surface area contributed by atoms with E-state index in [0.29, 0.717) is 6.54 Å². The van der Waals surface area contributed by atoms with Gasteiger partial charge in [0.2, 0.25) is 5.91 Å². The summed E-state index contributed by atoms with van der Waals surface area (Å²) in [6, 6.07) is 7.24. The number of amides is 1. The van der Waals surface area contributed by atoms with Crippen LogP contribution in [-0.2, 0) is 11.3 Å². The van der Waals surface area contributed by atoms with Crippen LogP contribution in [0.5, 0.6) is 0 Å². The lowest BCUT2D eigenvalue weighted by Crippen LogP contribution is -2.35. The molecule has 4 heteroatoms. The molecule has 1 aliphatic rings. The van der Waals surface area contributed by atoms with E-state index in [0.717, 1.165) is 24.8 Å². The molecule has 1 fully saturated rings. The van der Waals surface area contributed by atoms with E-state index in [9.17, 15) is 4.79 Å². The van der Waals surface area contributed by atoms with Crippen LogP contribution >= 0.6 is 0 Å². The van der Waals surface area contributed by atoms with Gasteiger partial charge in [-0.3, -0.25) is 4.79 Å². The van der Waals surface area contributed by atoms with Crippen molar-refractivity contribution >= 4 is 11.6 Å². The van der Waals surface area contributed by atoms with Gasteiger partial charge in [-0.25, -0.2) is 0 Å². The fourth-order valence-corrected chi connectivity index (χ4v) is 2.35. The molecule has 20 heavy (non-hydrogen) atoms. The largest absolute Gasteiger partial charge is 0.362 e. The number of rotatable bonds is 7. The molecule has 1 aliphatic carbocycles. The normalized spacial score (nSPS) is 14.2. The average Bonchev–Trinajstić information content (AvgIpc) is 3.27. The third-order valence-corrected chi connectivity index (χ3v) is 3.77. The first-order valence-electron chi connectivity index (χ1n) is 7.42.